The molecule has 5 aromatic rings. The van der Waals surface area contributed by atoms with Gasteiger partial charge in [-0.15, -0.1) is 0 Å². The lowest BCUT2D eigenvalue weighted by Gasteiger charge is -2.56. The Labute approximate surface area is 300 Å². The molecule has 0 amide bonds. The number of allylic oxidation sites excluding steroid dienone is 2. The van der Waals surface area contributed by atoms with Gasteiger partial charge >= 0.3 is 0 Å². The highest BCUT2D eigenvalue weighted by molar-refractivity contribution is 5.94. The molecule has 0 aromatic heterocycles. The molecule has 3 atom stereocenters. The first-order chi connectivity index (χ1) is 24.1. The van der Waals surface area contributed by atoms with Crippen molar-refractivity contribution in [2.45, 2.75) is 73.3 Å². The van der Waals surface area contributed by atoms with Gasteiger partial charge in [-0.3, -0.25) is 0 Å². The van der Waals surface area contributed by atoms with Crippen LogP contribution in [0.25, 0.3) is 5.70 Å². The van der Waals surface area contributed by atoms with E-state index < -0.39 is 5.54 Å². The van der Waals surface area contributed by atoms with E-state index in [1.165, 1.54) is 67.4 Å². The Hall–Kier alpha value is -4.82. The van der Waals surface area contributed by atoms with Gasteiger partial charge in [0.05, 0.1) is 11.2 Å². The van der Waals surface area contributed by atoms with Crippen molar-refractivity contribution in [1.29, 1.82) is 0 Å². The summed E-state index contributed by atoms with van der Waals surface area (Å²) in [5, 5.41) is 0. The van der Waals surface area contributed by atoms with E-state index in [1.807, 2.05) is 0 Å². The van der Waals surface area contributed by atoms with Crippen LogP contribution in [0.4, 0.5) is 22.7 Å². The fourth-order valence-corrected chi connectivity index (χ4v) is 8.63. The molecule has 0 fully saturated rings. The van der Waals surface area contributed by atoms with Crippen LogP contribution in [0, 0.1) is 31.6 Å². The molecule has 2 heteroatoms. The van der Waals surface area contributed by atoms with Crippen molar-refractivity contribution in [2.75, 3.05) is 9.80 Å². The molecule has 2 aliphatic rings. The summed E-state index contributed by atoms with van der Waals surface area (Å²) in [6.45, 7) is 18.8. The molecule has 0 bridgehead atoms. The van der Waals surface area contributed by atoms with Crippen LogP contribution in [-0.2, 0) is 5.54 Å². The Bertz CT molecular complexity index is 2020. The quantitative estimate of drug-likeness (QED) is 0.164. The fourth-order valence-electron chi connectivity index (χ4n) is 8.63. The van der Waals surface area contributed by atoms with Crippen LogP contribution in [0.2, 0.25) is 0 Å². The summed E-state index contributed by atoms with van der Waals surface area (Å²) >= 11 is 0. The molecule has 0 spiro atoms. The number of rotatable bonds is 8. The number of para-hydroxylation sites is 2. The van der Waals surface area contributed by atoms with Crippen LogP contribution in [0.15, 0.2) is 145 Å². The third-order valence-electron chi connectivity index (χ3n) is 11.2. The van der Waals surface area contributed by atoms with Crippen LogP contribution < -0.4 is 9.80 Å². The van der Waals surface area contributed by atoms with E-state index in [0.29, 0.717) is 17.8 Å². The lowest BCUT2D eigenvalue weighted by molar-refractivity contribution is 0.239. The van der Waals surface area contributed by atoms with E-state index in [4.69, 9.17) is 0 Å². The van der Waals surface area contributed by atoms with Crippen LogP contribution >= 0.6 is 0 Å². The second-order valence-electron chi connectivity index (χ2n) is 15.5. The van der Waals surface area contributed by atoms with E-state index in [0.717, 1.165) is 6.42 Å². The van der Waals surface area contributed by atoms with Gasteiger partial charge in [0.15, 0.2) is 0 Å². The smallest absolute Gasteiger partial charge is 0.0752 e. The Morgan fingerprint density at radius 1 is 0.620 bits per heavy atom. The molecular formula is C48H52N2. The van der Waals surface area contributed by atoms with Gasteiger partial charge in [-0.2, -0.15) is 0 Å². The first kappa shape index (κ1) is 33.7. The Morgan fingerprint density at radius 2 is 1.14 bits per heavy atom. The molecule has 0 saturated heterocycles. The van der Waals surface area contributed by atoms with Crippen LogP contribution in [0.5, 0.6) is 0 Å². The normalized spacial score (nSPS) is 20.0. The molecule has 254 valence electrons. The maximum Gasteiger partial charge on any atom is 0.0752 e. The minimum absolute atomic E-state index is 0.202. The molecule has 0 saturated carbocycles. The molecule has 7 rings (SSSR count). The van der Waals surface area contributed by atoms with Crippen molar-refractivity contribution < 1.29 is 0 Å². The molecule has 0 heterocycles. The molecule has 5 aromatic carbocycles. The number of hydrogen-bond acceptors (Lipinski definition) is 2. The zero-order chi connectivity index (χ0) is 35.2. The summed E-state index contributed by atoms with van der Waals surface area (Å²) in [6.07, 6.45) is 3.69. The molecule has 2 aliphatic carbocycles. The largest absolute Gasteiger partial charge is 0.331 e. The minimum atomic E-state index is -0.399. The number of fused-ring (bicyclic) bond motifs is 2. The van der Waals surface area contributed by atoms with E-state index in [9.17, 15) is 0 Å². The summed E-state index contributed by atoms with van der Waals surface area (Å²) < 4.78 is 0. The Kier molecular flexibility index (Phi) is 9.07. The summed E-state index contributed by atoms with van der Waals surface area (Å²) in [7, 11) is 0. The molecule has 0 aliphatic heterocycles. The van der Waals surface area contributed by atoms with Crippen LogP contribution in [-0.4, -0.2) is 0 Å². The maximum atomic E-state index is 2.67. The molecule has 0 radical (unpaired) electrons. The maximum absolute atomic E-state index is 2.67. The third-order valence-corrected chi connectivity index (χ3v) is 11.2. The van der Waals surface area contributed by atoms with Gasteiger partial charge in [-0.1, -0.05) is 136 Å². The van der Waals surface area contributed by atoms with Gasteiger partial charge in [0.1, 0.15) is 0 Å². The third kappa shape index (κ3) is 5.89. The molecule has 3 unspecified atom stereocenters. The lowest BCUT2D eigenvalue weighted by atomic mass is 9.59. The highest BCUT2D eigenvalue weighted by atomic mass is 15.2. The number of nitrogens with zero attached hydrogens (tertiary/aromatic N) is 2. The van der Waals surface area contributed by atoms with E-state index in [2.05, 4.69) is 199 Å². The zero-order valence-corrected chi connectivity index (χ0v) is 31.1. The van der Waals surface area contributed by atoms with Gasteiger partial charge in [-0.25, -0.2) is 0 Å². The molecular weight excluding hydrogens is 605 g/mol. The standard InChI is InChI=1S/C48H52N2/c1-32(2)37-23-28-43-45(31-37)48(8,50(41-17-13-10-14-18-41)42-26-21-35(6)22-27-42)46-36(7)29-38(33(3)4)30-44(46)47(43)49(39-15-11-9-12-16-39)40-24-19-34(5)20-25-40/h9-28,30-33,36,46H,29H2,1-8H3. The van der Waals surface area contributed by atoms with E-state index >= 15 is 0 Å². The molecule has 0 N–H and O–H groups in total. The number of hydrogen-bond donors (Lipinski definition) is 0. The van der Waals surface area contributed by atoms with Crippen LogP contribution in [0.3, 0.4) is 0 Å². The summed E-state index contributed by atoms with van der Waals surface area (Å²) in [5.41, 5.74) is 15.3. The average Bonchev–Trinajstić information content (AvgIpc) is 3.12. The first-order valence-electron chi connectivity index (χ1n) is 18.5. The number of benzene rings is 5. The lowest BCUT2D eigenvalue weighted by Crippen LogP contribution is -2.53. The second kappa shape index (κ2) is 13.5. The minimum Gasteiger partial charge on any atom is -0.331 e. The average molecular weight is 657 g/mol. The Balaban J connectivity index is 1.63. The highest BCUT2D eigenvalue weighted by Gasteiger charge is 2.53. The SMILES string of the molecule is Cc1ccc(N(C2=C3C=C(C(C)C)CC(C)C3C(C)(N(c3ccccc3)c3ccc(C)cc3)c3cc(C(C)C)ccc32)c2ccccc2)cc1. The van der Waals surface area contributed by atoms with Gasteiger partial charge in [0.25, 0.3) is 0 Å². The van der Waals surface area contributed by atoms with Gasteiger partial charge < -0.3 is 9.80 Å². The van der Waals surface area contributed by atoms with Gasteiger partial charge in [0, 0.05) is 34.2 Å². The van der Waals surface area contributed by atoms with E-state index in [-0.39, 0.29) is 5.92 Å². The molecule has 2 nitrogen and oxygen atoms in total. The van der Waals surface area contributed by atoms with Crippen LogP contribution in [0.1, 0.15) is 81.7 Å². The van der Waals surface area contributed by atoms with Crippen molar-refractivity contribution in [1.82, 2.24) is 0 Å². The summed E-state index contributed by atoms with van der Waals surface area (Å²) in [4.78, 5) is 5.21. The second-order valence-corrected chi connectivity index (χ2v) is 15.5. The monoisotopic (exact) mass is 656 g/mol. The van der Waals surface area contributed by atoms with E-state index in [1.54, 1.807) is 0 Å². The zero-order valence-electron chi connectivity index (χ0n) is 31.1. The fraction of sp³-hybridized carbons (Fsp3) is 0.292. The van der Waals surface area contributed by atoms with Crippen molar-refractivity contribution in [2.24, 2.45) is 17.8 Å². The summed E-state index contributed by atoms with van der Waals surface area (Å²) in [6, 6.07) is 47.7. The van der Waals surface area contributed by atoms with Gasteiger partial charge in [-0.05, 0) is 110 Å². The Morgan fingerprint density at radius 3 is 1.70 bits per heavy atom. The highest BCUT2D eigenvalue weighted by Crippen LogP contribution is 2.59. The van der Waals surface area contributed by atoms with Crippen molar-refractivity contribution in [3.63, 3.8) is 0 Å². The predicted octanol–water partition coefficient (Wildman–Crippen LogP) is 13.3. The first-order valence-corrected chi connectivity index (χ1v) is 18.5. The topological polar surface area (TPSA) is 6.48 Å². The predicted molar refractivity (Wildman–Crippen MR) is 215 cm³/mol. The molecule has 50 heavy (non-hydrogen) atoms. The van der Waals surface area contributed by atoms with Gasteiger partial charge in [0.2, 0.25) is 0 Å². The summed E-state index contributed by atoms with van der Waals surface area (Å²) in [5.74, 6) is 1.47. The number of aryl methyl sites for hydroxylation is 2. The van der Waals surface area contributed by atoms with Crippen molar-refractivity contribution in [3.8, 4) is 0 Å². The van der Waals surface area contributed by atoms with Crippen molar-refractivity contribution >= 4 is 28.4 Å². The number of anilines is 4. The van der Waals surface area contributed by atoms with Crippen molar-refractivity contribution in [3.05, 3.63) is 172 Å².